The first-order chi connectivity index (χ1) is 7.70. The molecule has 3 N–H and O–H groups in total. The molecule has 0 unspecified atom stereocenters. The molecule has 2 aliphatic rings. The molecule has 4 nitrogen and oxygen atoms in total. The Kier molecular flexibility index (Phi) is 3.82. The molecule has 92 valence electrons. The molecule has 0 bridgehead atoms. The summed E-state index contributed by atoms with van der Waals surface area (Å²) in [4.78, 5) is 13.9. The van der Waals surface area contributed by atoms with Crippen molar-refractivity contribution in [2.45, 2.75) is 50.7 Å². The van der Waals surface area contributed by atoms with Crippen molar-refractivity contribution in [1.82, 2.24) is 4.90 Å². The van der Waals surface area contributed by atoms with Crippen LogP contribution in [-0.4, -0.2) is 41.1 Å². The first kappa shape index (κ1) is 11.9. The summed E-state index contributed by atoms with van der Waals surface area (Å²) in [5.74, 6) is 0.0188. The molecule has 3 atom stereocenters. The van der Waals surface area contributed by atoms with E-state index in [0.29, 0.717) is 0 Å². The predicted molar refractivity (Wildman–Crippen MR) is 61.8 cm³/mol. The smallest absolute Gasteiger partial charge is 0.239 e. The van der Waals surface area contributed by atoms with Gasteiger partial charge in [0, 0.05) is 19.0 Å². The zero-order valence-electron chi connectivity index (χ0n) is 9.77. The number of aliphatic hydroxyl groups excluding tert-OH is 1. The van der Waals surface area contributed by atoms with Crippen LogP contribution in [0.3, 0.4) is 0 Å². The zero-order chi connectivity index (χ0) is 11.5. The number of rotatable bonds is 2. The van der Waals surface area contributed by atoms with Gasteiger partial charge in [-0.25, -0.2) is 0 Å². The van der Waals surface area contributed by atoms with E-state index in [9.17, 15) is 9.90 Å². The van der Waals surface area contributed by atoms with Gasteiger partial charge in [0.25, 0.3) is 0 Å². The van der Waals surface area contributed by atoms with Crippen molar-refractivity contribution in [2.75, 3.05) is 13.1 Å². The van der Waals surface area contributed by atoms with Crippen LogP contribution in [0.2, 0.25) is 0 Å². The maximum absolute atomic E-state index is 12.1. The Bertz CT molecular complexity index is 251. The minimum absolute atomic E-state index is 0.0261. The van der Waals surface area contributed by atoms with E-state index >= 15 is 0 Å². The Hall–Kier alpha value is -0.610. The first-order valence-corrected chi connectivity index (χ1v) is 6.42. The average Bonchev–Trinajstić information content (AvgIpc) is 2.81. The van der Waals surface area contributed by atoms with Gasteiger partial charge in [-0.05, 0) is 25.7 Å². The summed E-state index contributed by atoms with van der Waals surface area (Å²) in [5.41, 5.74) is 6.01. The van der Waals surface area contributed by atoms with E-state index < -0.39 is 6.04 Å². The van der Waals surface area contributed by atoms with Crippen molar-refractivity contribution in [1.29, 1.82) is 0 Å². The van der Waals surface area contributed by atoms with Gasteiger partial charge in [0.2, 0.25) is 5.91 Å². The van der Waals surface area contributed by atoms with E-state index in [2.05, 4.69) is 0 Å². The van der Waals surface area contributed by atoms with Crippen molar-refractivity contribution in [3.8, 4) is 0 Å². The molecule has 0 radical (unpaired) electrons. The second kappa shape index (κ2) is 5.15. The number of nitrogens with two attached hydrogens (primary N) is 1. The Morgan fingerprint density at radius 1 is 1.19 bits per heavy atom. The Balaban J connectivity index is 1.94. The first-order valence-electron chi connectivity index (χ1n) is 6.42. The highest BCUT2D eigenvalue weighted by Gasteiger charge is 2.35. The standard InChI is InChI=1S/C12H22N2O2/c13-11(9-5-1-2-6-10(9)15)12(16)14-7-3-4-8-14/h9-11,15H,1-8,13H2/t9-,10-,11-/m1/s1. The molecule has 16 heavy (non-hydrogen) atoms. The minimum atomic E-state index is -0.492. The Labute approximate surface area is 96.8 Å². The number of likely N-dealkylation sites (tertiary alicyclic amines) is 1. The highest BCUT2D eigenvalue weighted by molar-refractivity contribution is 5.82. The Morgan fingerprint density at radius 2 is 1.81 bits per heavy atom. The fourth-order valence-electron chi connectivity index (χ4n) is 2.89. The van der Waals surface area contributed by atoms with E-state index in [1.165, 1.54) is 0 Å². The molecule has 1 saturated heterocycles. The maximum atomic E-state index is 12.1. The summed E-state index contributed by atoms with van der Waals surface area (Å²) in [6, 6.07) is -0.492. The molecule has 4 heteroatoms. The molecule has 0 aromatic heterocycles. The van der Waals surface area contributed by atoms with E-state index in [-0.39, 0.29) is 17.9 Å². The summed E-state index contributed by atoms with van der Waals surface area (Å²) < 4.78 is 0. The fourth-order valence-corrected chi connectivity index (χ4v) is 2.89. The van der Waals surface area contributed by atoms with Crippen LogP contribution in [0.1, 0.15) is 38.5 Å². The van der Waals surface area contributed by atoms with Gasteiger partial charge >= 0.3 is 0 Å². The number of amides is 1. The van der Waals surface area contributed by atoms with Gasteiger partial charge in [0.1, 0.15) is 0 Å². The van der Waals surface area contributed by atoms with Gasteiger partial charge in [-0.2, -0.15) is 0 Å². The summed E-state index contributed by atoms with van der Waals surface area (Å²) >= 11 is 0. The zero-order valence-corrected chi connectivity index (χ0v) is 9.77. The largest absolute Gasteiger partial charge is 0.393 e. The van der Waals surface area contributed by atoms with Gasteiger partial charge in [0.05, 0.1) is 12.1 Å². The van der Waals surface area contributed by atoms with Crippen LogP contribution < -0.4 is 5.73 Å². The third kappa shape index (κ3) is 2.38. The molecule has 1 heterocycles. The molecule has 2 fully saturated rings. The highest BCUT2D eigenvalue weighted by atomic mass is 16.3. The molecule has 1 saturated carbocycles. The van der Waals surface area contributed by atoms with Gasteiger partial charge in [0.15, 0.2) is 0 Å². The molecule has 1 amide bonds. The lowest BCUT2D eigenvalue weighted by Crippen LogP contribution is -2.50. The van der Waals surface area contributed by atoms with Gasteiger partial charge in [-0.15, -0.1) is 0 Å². The molecule has 0 aromatic carbocycles. The number of carbonyl (C=O) groups excluding carboxylic acids is 1. The summed E-state index contributed by atoms with van der Waals surface area (Å²) in [5, 5.41) is 9.88. The van der Waals surface area contributed by atoms with Crippen molar-refractivity contribution in [2.24, 2.45) is 11.7 Å². The van der Waals surface area contributed by atoms with Crippen molar-refractivity contribution < 1.29 is 9.90 Å². The molecule has 0 aromatic rings. The third-order valence-corrected chi connectivity index (χ3v) is 3.95. The van der Waals surface area contributed by atoms with Crippen molar-refractivity contribution in [3.05, 3.63) is 0 Å². The maximum Gasteiger partial charge on any atom is 0.239 e. The lowest BCUT2D eigenvalue weighted by Gasteiger charge is -2.33. The number of nitrogens with zero attached hydrogens (tertiary/aromatic N) is 1. The van der Waals surface area contributed by atoms with Crippen LogP contribution in [0.5, 0.6) is 0 Å². The molecule has 1 aliphatic carbocycles. The van der Waals surface area contributed by atoms with Crippen LogP contribution in [0.25, 0.3) is 0 Å². The van der Waals surface area contributed by atoms with Gasteiger partial charge < -0.3 is 15.7 Å². The third-order valence-electron chi connectivity index (χ3n) is 3.95. The van der Waals surface area contributed by atoms with E-state index in [1.807, 2.05) is 4.90 Å². The normalized spacial score (nSPS) is 32.8. The van der Waals surface area contributed by atoms with Crippen LogP contribution >= 0.6 is 0 Å². The molecular weight excluding hydrogens is 204 g/mol. The average molecular weight is 226 g/mol. The molecule has 1 aliphatic heterocycles. The van der Waals surface area contributed by atoms with E-state index in [0.717, 1.165) is 51.6 Å². The summed E-state index contributed by atoms with van der Waals surface area (Å²) in [6.45, 7) is 1.69. The van der Waals surface area contributed by atoms with Crippen LogP contribution in [0.15, 0.2) is 0 Å². The number of aliphatic hydroxyl groups is 1. The Morgan fingerprint density at radius 3 is 2.44 bits per heavy atom. The van der Waals surface area contributed by atoms with E-state index in [1.54, 1.807) is 0 Å². The number of carbonyl (C=O) groups is 1. The van der Waals surface area contributed by atoms with Crippen LogP contribution in [-0.2, 0) is 4.79 Å². The molecular formula is C12H22N2O2. The van der Waals surface area contributed by atoms with Gasteiger partial charge in [-0.1, -0.05) is 12.8 Å². The van der Waals surface area contributed by atoms with Crippen LogP contribution in [0.4, 0.5) is 0 Å². The highest BCUT2D eigenvalue weighted by Crippen LogP contribution is 2.27. The second-order valence-corrected chi connectivity index (χ2v) is 5.07. The fraction of sp³-hybridized carbons (Fsp3) is 0.917. The SMILES string of the molecule is N[C@@H](C(=O)N1CCCC1)[C@@H]1CCCC[C@H]1O. The summed E-state index contributed by atoms with van der Waals surface area (Å²) in [7, 11) is 0. The van der Waals surface area contributed by atoms with Gasteiger partial charge in [-0.3, -0.25) is 4.79 Å². The monoisotopic (exact) mass is 226 g/mol. The van der Waals surface area contributed by atoms with E-state index in [4.69, 9.17) is 5.73 Å². The van der Waals surface area contributed by atoms with Crippen molar-refractivity contribution in [3.63, 3.8) is 0 Å². The lowest BCUT2D eigenvalue weighted by atomic mass is 9.81. The lowest BCUT2D eigenvalue weighted by molar-refractivity contribution is -0.134. The predicted octanol–water partition coefficient (Wildman–Crippen LogP) is 0.487. The molecule has 0 spiro atoms. The minimum Gasteiger partial charge on any atom is -0.393 e. The second-order valence-electron chi connectivity index (χ2n) is 5.07. The summed E-state index contributed by atoms with van der Waals surface area (Å²) in [6.07, 6.45) is 5.63. The molecule has 2 rings (SSSR count). The number of hydrogen-bond acceptors (Lipinski definition) is 3. The number of hydrogen-bond donors (Lipinski definition) is 2. The van der Waals surface area contributed by atoms with Crippen molar-refractivity contribution >= 4 is 5.91 Å². The quantitative estimate of drug-likeness (QED) is 0.720. The topological polar surface area (TPSA) is 66.6 Å². The van der Waals surface area contributed by atoms with Crippen LogP contribution in [0, 0.1) is 5.92 Å².